The minimum Gasteiger partial charge on any atom is -0.480 e. The van der Waals surface area contributed by atoms with E-state index in [-0.39, 0.29) is 10.2 Å². The molecule has 0 aliphatic carbocycles. The lowest BCUT2D eigenvalue weighted by atomic mass is 10.1. The van der Waals surface area contributed by atoms with Crippen LogP contribution < -0.4 is 0 Å². The predicted molar refractivity (Wildman–Crippen MR) is 90.4 cm³/mol. The predicted octanol–water partition coefficient (Wildman–Crippen LogP) is 2.84. The second kappa shape index (κ2) is 5.58. The Morgan fingerprint density at radius 3 is 2.86 bits per heavy atom. The molecule has 5 nitrogen and oxygen atoms in total. The van der Waals surface area contributed by atoms with Gasteiger partial charge in [-0.2, -0.15) is 0 Å². The third-order valence-corrected chi connectivity index (χ3v) is 5.03. The maximum absolute atomic E-state index is 12.4. The number of para-hydroxylation sites is 1. The molecule has 0 unspecified atom stereocenters. The zero-order valence-electron chi connectivity index (χ0n) is 11.6. The summed E-state index contributed by atoms with van der Waals surface area (Å²) in [5.74, 6) is -1.43. The molecule has 1 fully saturated rings. The highest BCUT2D eigenvalue weighted by molar-refractivity contribution is 8.26. The summed E-state index contributed by atoms with van der Waals surface area (Å²) in [4.78, 5) is 28.0. The van der Waals surface area contributed by atoms with Gasteiger partial charge >= 0.3 is 5.97 Å². The Balaban J connectivity index is 2.05. The van der Waals surface area contributed by atoms with E-state index in [0.717, 1.165) is 38.7 Å². The Hall–Kier alpha value is -2.12. The highest BCUT2D eigenvalue weighted by Gasteiger charge is 2.35. The van der Waals surface area contributed by atoms with Gasteiger partial charge in [-0.05, 0) is 18.6 Å². The summed E-state index contributed by atoms with van der Waals surface area (Å²) in [6.07, 6.45) is 1.85. The molecule has 22 heavy (non-hydrogen) atoms. The van der Waals surface area contributed by atoms with Gasteiger partial charge in [0.25, 0.3) is 5.91 Å². The zero-order valence-corrected chi connectivity index (χ0v) is 13.3. The summed E-state index contributed by atoms with van der Waals surface area (Å²) in [5.41, 5.74) is 2.70. The van der Waals surface area contributed by atoms with Gasteiger partial charge in [0, 0.05) is 22.7 Å². The number of allylic oxidation sites excluding steroid dienone is 1. The highest BCUT2D eigenvalue weighted by atomic mass is 32.2. The summed E-state index contributed by atoms with van der Waals surface area (Å²) in [6.45, 7) is 1.44. The van der Waals surface area contributed by atoms with Crippen molar-refractivity contribution in [1.82, 2.24) is 9.88 Å². The molecule has 1 aromatic carbocycles. The number of carbonyl (C=O) groups excluding carboxylic acids is 1. The molecular weight excluding hydrogens is 320 g/mol. The van der Waals surface area contributed by atoms with Crippen LogP contribution in [0.15, 0.2) is 35.4 Å². The fraction of sp³-hybridized carbons (Fsp3) is 0.133. The number of thiocarbonyl (C=S) groups is 1. The van der Waals surface area contributed by atoms with E-state index in [9.17, 15) is 9.59 Å². The van der Waals surface area contributed by atoms with Crippen LogP contribution in [0, 0.1) is 0 Å². The third-order valence-electron chi connectivity index (χ3n) is 3.48. The molecule has 0 saturated carbocycles. The summed E-state index contributed by atoms with van der Waals surface area (Å²) in [5, 5.41) is 9.89. The number of H-pyrrole nitrogens is 1. The van der Waals surface area contributed by atoms with Crippen molar-refractivity contribution in [2.45, 2.75) is 6.92 Å². The fourth-order valence-corrected chi connectivity index (χ4v) is 3.69. The number of carboxylic acid groups (broad SMARTS) is 1. The molecule has 0 spiro atoms. The van der Waals surface area contributed by atoms with E-state index in [0.29, 0.717) is 4.91 Å². The number of benzene rings is 1. The van der Waals surface area contributed by atoms with E-state index in [1.807, 2.05) is 37.4 Å². The van der Waals surface area contributed by atoms with Crippen LogP contribution in [0.2, 0.25) is 0 Å². The lowest BCUT2D eigenvalue weighted by Crippen LogP contribution is -2.33. The first-order chi connectivity index (χ1) is 10.5. The molecule has 3 rings (SSSR count). The van der Waals surface area contributed by atoms with Gasteiger partial charge < -0.3 is 10.1 Å². The zero-order chi connectivity index (χ0) is 15.9. The summed E-state index contributed by atoms with van der Waals surface area (Å²) in [7, 11) is 0. The standard InChI is InChI=1S/C15H12N2O3S2/c1-8(10-6-16-11-5-3-2-4-9(10)11)13-14(20)17(7-12(18)19)15(21)22-13/h2-6,16H,7H2,1H3,(H,18,19)/b13-8+. The molecule has 1 aliphatic rings. The van der Waals surface area contributed by atoms with Gasteiger partial charge in [-0.25, -0.2) is 0 Å². The van der Waals surface area contributed by atoms with Crippen molar-refractivity contribution in [3.63, 3.8) is 0 Å². The molecule has 1 aliphatic heterocycles. The average molecular weight is 332 g/mol. The van der Waals surface area contributed by atoms with Crippen molar-refractivity contribution in [1.29, 1.82) is 0 Å². The Kier molecular flexibility index (Phi) is 3.76. The summed E-state index contributed by atoms with van der Waals surface area (Å²) in [6, 6.07) is 7.80. The normalized spacial score (nSPS) is 17.4. The van der Waals surface area contributed by atoms with Crippen LogP contribution in [-0.4, -0.2) is 37.7 Å². The van der Waals surface area contributed by atoms with E-state index < -0.39 is 12.5 Å². The highest BCUT2D eigenvalue weighted by Crippen LogP contribution is 2.38. The number of thioether (sulfide) groups is 1. The molecule has 2 aromatic rings. The molecule has 2 N–H and O–H groups in total. The maximum atomic E-state index is 12.4. The summed E-state index contributed by atoms with van der Waals surface area (Å²) >= 11 is 6.27. The molecule has 112 valence electrons. The first kappa shape index (κ1) is 14.8. The molecule has 7 heteroatoms. The van der Waals surface area contributed by atoms with Gasteiger partial charge in [0.15, 0.2) is 0 Å². The minimum atomic E-state index is -1.08. The lowest BCUT2D eigenvalue weighted by Gasteiger charge is -2.10. The number of nitrogens with zero attached hydrogens (tertiary/aromatic N) is 1. The first-order valence-corrected chi connectivity index (χ1v) is 7.74. The van der Waals surface area contributed by atoms with E-state index in [4.69, 9.17) is 17.3 Å². The number of nitrogens with one attached hydrogen (secondary N) is 1. The number of aromatic amines is 1. The van der Waals surface area contributed by atoms with Crippen molar-refractivity contribution in [2.75, 3.05) is 6.54 Å². The summed E-state index contributed by atoms with van der Waals surface area (Å²) < 4.78 is 0.279. The van der Waals surface area contributed by atoms with Crippen LogP contribution in [0.3, 0.4) is 0 Å². The monoisotopic (exact) mass is 332 g/mol. The molecule has 0 atom stereocenters. The van der Waals surface area contributed by atoms with Gasteiger partial charge in [-0.3, -0.25) is 14.5 Å². The number of fused-ring (bicyclic) bond motifs is 1. The molecule has 0 bridgehead atoms. The smallest absolute Gasteiger partial charge is 0.323 e. The number of aromatic nitrogens is 1. The van der Waals surface area contributed by atoms with Crippen LogP contribution in [0.5, 0.6) is 0 Å². The van der Waals surface area contributed by atoms with Crippen LogP contribution in [0.25, 0.3) is 16.5 Å². The van der Waals surface area contributed by atoms with Crippen molar-refractivity contribution in [3.05, 3.63) is 40.9 Å². The third kappa shape index (κ3) is 2.42. The van der Waals surface area contributed by atoms with Crippen molar-refractivity contribution < 1.29 is 14.7 Å². The number of hydrogen-bond acceptors (Lipinski definition) is 4. The molecule has 0 radical (unpaired) electrons. The molecule has 1 saturated heterocycles. The lowest BCUT2D eigenvalue weighted by molar-refractivity contribution is -0.140. The van der Waals surface area contributed by atoms with Crippen molar-refractivity contribution >= 4 is 56.7 Å². The number of carboxylic acids is 1. The molecule has 2 heterocycles. The Morgan fingerprint density at radius 2 is 2.14 bits per heavy atom. The van der Waals surface area contributed by atoms with Crippen molar-refractivity contribution in [2.24, 2.45) is 0 Å². The van der Waals surface area contributed by atoms with Gasteiger partial charge in [0.1, 0.15) is 10.9 Å². The van der Waals surface area contributed by atoms with Gasteiger partial charge in [0.05, 0.1) is 4.91 Å². The minimum absolute atomic E-state index is 0.279. The largest absolute Gasteiger partial charge is 0.480 e. The van der Waals surface area contributed by atoms with Gasteiger partial charge in [0.2, 0.25) is 0 Å². The maximum Gasteiger partial charge on any atom is 0.323 e. The van der Waals surface area contributed by atoms with E-state index in [1.165, 1.54) is 0 Å². The average Bonchev–Trinajstić information content (AvgIpc) is 3.03. The van der Waals surface area contributed by atoms with Crippen LogP contribution >= 0.6 is 24.0 Å². The van der Waals surface area contributed by atoms with Gasteiger partial charge in [-0.1, -0.05) is 42.2 Å². The quantitative estimate of drug-likeness (QED) is 0.668. The second-order valence-corrected chi connectivity index (χ2v) is 6.50. The Labute approximate surface area is 136 Å². The number of carbonyl (C=O) groups is 2. The van der Waals surface area contributed by atoms with E-state index >= 15 is 0 Å². The fourth-order valence-electron chi connectivity index (χ4n) is 2.40. The second-order valence-electron chi connectivity index (χ2n) is 4.86. The topological polar surface area (TPSA) is 73.4 Å². The molecule has 1 amide bonds. The van der Waals surface area contributed by atoms with Crippen LogP contribution in [0.1, 0.15) is 12.5 Å². The van der Waals surface area contributed by atoms with E-state index in [2.05, 4.69) is 4.98 Å². The van der Waals surface area contributed by atoms with Crippen LogP contribution in [-0.2, 0) is 9.59 Å². The molecule has 1 aromatic heterocycles. The Bertz CT molecular complexity index is 838. The first-order valence-electron chi connectivity index (χ1n) is 6.52. The van der Waals surface area contributed by atoms with Crippen molar-refractivity contribution in [3.8, 4) is 0 Å². The number of rotatable bonds is 3. The number of amides is 1. The van der Waals surface area contributed by atoms with E-state index in [1.54, 1.807) is 0 Å². The SMILES string of the molecule is C/C(=C1\SC(=S)N(CC(=O)O)C1=O)c1c[nH]c2ccccc12. The Morgan fingerprint density at radius 1 is 1.41 bits per heavy atom. The van der Waals surface area contributed by atoms with Crippen LogP contribution in [0.4, 0.5) is 0 Å². The van der Waals surface area contributed by atoms with Gasteiger partial charge in [-0.15, -0.1) is 0 Å². The number of aliphatic carboxylic acids is 1. The number of hydrogen-bond donors (Lipinski definition) is 2. The molecular formula is C15H12N2O3S2.